The zero-order valence-electron chi connectivity index (χ0n) is 13.7. The highest BCUT2D eigenvalue weighted by Crippen LogP contribution is 2.16. The molecule has 0 saturated carbocycles. The van der Waals surface area contributed by atoms with E-state index in [0.29, 0.717) is 6.42 Å². The molecule has 1 aliphatic rings. The second-order valence-electron chi connectivity index (χ2n) is 5.97. The first kappa shape index (κ1) is 17.0. The lowest BCUT2D eigenvalue weighted by atomic mass is 10.0. The minimum atomic E-state index is 0.108. The number of nitrogens with zero attached hydrogens (tertiary/aromatic N) is 1. The van der Waals surface area contributed by atoms with Crippen LogP contribution in [0.5, 0.6) is 0 Å². The van der Waals surface area contributed by atoms with Crippen molar-refractivity contribution in [3.8, 4) is 0 Å². The van der Waals surface area contributed by atoms with Gasteiger partial charge in [-0.1, -0.05) is 37.3 Å². The minimum Gasteiger partial charge on any atom is -0.356 e. The van der Waals surface area contributed by atoms with Gasteiger partial charge in [0.1, 0.15) is 0 Å². The van der Waals surface area contributed by atoms with E-state index in [1.54, 1.807) is 0 Å². The molecule has 1 saturated heterocycles. The Bertz CT molecular complexity index is 435. The summed E-state index contributed by atoms with van der Waals surface area (Å²) in [6.45, 7) is 7.33. The SMILES string of the molecule is CCN1CCCCNC(=O)CC(c2ccccc2)NCCC1. The molecule has 0 aliphatic carbocycles. The Morgan fingerprint density at radius 3 is 2.64 bits per heavy atom. The second kappa shape index (κ2) is 9.59. The van der Waals surface area contributed by atoms with Crippen LogP contribution in [0.1, 0.15) is 44.2 Å². The van der Waals surface area contributed by atoms with Gasteiger partial charge in [0.05, 0.1) is 0 Å². The van der Waals surface area contributed by atoms with Crippen LogP contribution in [0.2, 0.25) is 0 Å². The molecule has 2 rings (SSSR count). The molecule has 1 aromatic carbocycles. The molecule has 0 spiro atoms. The van der Waals surface area contributed by atoms with Gasteiger partial charge in [-0.05, 0) is 51.0 Å². The third-order valence-electron chi connectivity index (χ3n) is 4.30. The van der Waals surface area contributed by atoms with Gasteiger partial charge in [-0.25, -0.2) is 0 Å². The van der Waals surface area contributed by atoms with Crippen molar-refractivity contribution in [1.29, 1.82) is 0 Å². The van der Waals surface area contributed by atoms with Crippen molar-refractivity contribution >= 4 is 5.91 Å². The summed E-state index contributed by atoms with van der Waals surface area (Å²) in [6, 6.07) is 10.4. The molecule has 0 aromatic heterocycles. The van der Waals surface area contributed by atoms with E-state index in [-0.39, 0.29) is 11.9 Å². The van der Waals surface area contributed by atoms with Crippen LogP contribution >= 0.6 is 0 Å². The molecule has 4 nitrogen and oxygen atoms in total. The number of carbonyl (C=O) groups is 1. The van der Waals surface area contributed by atoms with Crippen molar-refractivity contribution in [3.63, 3.8) is 0 Å². The van der Waals surface area contributed by atoms with Crippen molar-refractivity contribution in [2.75, 3.05) is 32.7 Å². The van der Waals surface area contributed by atoms with Gasteiger partial charge in [-0.15, -0.1) is 0 Å². The summed E-state index contributed by atoms with van der Waals surface area (Å²) in [5.41, 5.74) is 1.19. The maximum Gasteiger partial charge on any atom is 0.221 e. The molecule has 1 heterocycles. The molecule has 0 bridgehead atoms. The highest BCUT2D eigenvalue weighted by molar-refractivity contribution is 5.76. The molecule has 2 N–H and O–H groups in total. The number of rotatable bonds is 2. The smallest absolute Gasteiger partial charge is 0.221 e. The lowest BCUT2D eigenvalue weighted by molar-refractivity contribution is -0.121. The summed E-state index contributed by atoms with van der Waals surface area (Å²) >= 11 is 0. The number of nitrogens with one attached hydrogen (secondary N) is 2. The Hall–Kier alpha value is -1.39. The Morgan fingerprint density at radius 1 is 1.09 bits per heavy atom. The van der Waals surface area contributed by atoms with Crippen molar-refractivity contribution in [2.45, 2.75) is 38.6 Å². The average Bonchev–Trinajstić information content (AvgIpc) is 2.57. The minimum absolute atomic E-state index is 0.108. The Kier molecular flexibility index (Phi) is 7.40. The summed E-state index contributed by atoms with van der Waals surface area (Å²) in [5.74, 6) is 0.146. The van der Waals surface area contributed by atoms with E-state index in [1.807, 2.05) is 18.2 Å². The fraction of sp³-hybridized carbons (Fsp3) is 0.611. The van der Waals surface area contributed by atoms with Gasteiger partial charge >= 0.3 is 0 Å². The molecule has 122 valence electrons. The Balaban J connectivity index is 1.98. The predicted octanol–water partition coefficient (Wildman–Crippen LogP) is 2.33. The van der Waals surface area contributed by atoms with Crippen molar-refractivity contribution < 1.29 is 4.79 Å². The molecular weight excluding hydrogens is 274 g/mol. The summed E-state index contributed by atoms with van der Waals surface area (Å²) in [5, 5.41) is 6.62. The lowest BCUT2D eigenvalue weighted by Crippen LogP contribution is -2.32. The Morgan fingerprint density at radius 2 is 1.86 bits per heavy atom. The fourth-order valence-electron chi connectivity index (χ4n) is 2.95. The molecule has 22 heavy (non-hydrogen) atoms. The summed E-state index contributed by atoms with van der Waals surface area (Å²) in [6.07, 6.45) is 3.86. The van der Waals surface area contributed by atoms with E-state index in [4.69, 9.17) is 0 Å². The number of carbonyl (C=O) groups excluding carboxylic acids is 1. The first-order valence-corrected chi connectivity index (χ1v) is 8.57. The molecule has 1 unspecified atom stereocenters. The topological polar surface area (TPSA) is 44.4 Å². The summed E-state index contributed by atoms with van der Waals surface area (Å²) in [7, 11) is 0. The van der Waals surface area contributed by atoms with Crippen molar-refractivity contribution in [2.24, 2.45) is 0 Å². The first-order valence-electron chi connectivity index (χ1n) is 8.57. The van der Waals surface area contributed by atoms with Gasteiger partial charge in [-0.3, -0.25) is 4.79 Å². The van der Waals surface area contributed by atoms with Crippen LogP contribution < -0.4 is 10.6 Å². The van der Waals surface area contributed by atoms with E-state index in [9.17, 15) is 4.79 Å². The number of benzene rings is 1. The van der Waals surface area contributed by atoms with E-state index < -0.39 is 0 Å². The van der Waals surface area contributed by atoms with Crippen LogP contribution in [-0.4, -0.2) is 43.5 Å². The second-order valence-corrected chi connectivity index (χ2v) is 5.97. The molecule has 4 heteroatoms. The normalized spacial score (nSPS) is 23.0. The molecule has 1 aromatic rings. The largest absolute Gasteiger partial charge is 0.356 e. The number of hydrogen-bond acceptors (Lipinski definition) is 3. The maximum atomic E-state index is 12.1. The fourth-order valence-corrected chi connectivity index (χ4v) is 2.95. The Labute approximate surface area is 134 Å². The van der Waals surface area contributed by atoms with Crippen LogP contribution in [0.4, 0.5) is 0 Å². The van der Waals surface area contributed by atoms with Crippen LogP contribution in [0.15, 0.2) is 30.3 Å². The van der Waals surface area contributed by atoms with Gasteiger partial charge < -0.3 is 15.5 Å². The van der Waals surface area contributed by atoms with Gasteiger partial charge in [0.15, 0.2) is 0 Å². The number of amides is 1. The third kappa shape index (κ3) is 5.78. The number of hydrogen-bond donors (Lipinski definition) is 2. The van der Waals surface area contributed by atoms with E-state index in [2.05, 4.69) is 34.6 Å². The van der Waals surface area contributed by atoms with Gasteiger partial charge in [0.25, 0.3) is 0 Å². The van der Waals surface area contributed by atoms with Gasteiger partial charge in [0, 0.05) is 19.0 Å². The molecular formula is C18H29N3O. The summed E-state index contributed by atoms with van der Waals surface area (Å²) < 4.78 is 0. The molecule has 1 fully saturated rings. The zero-order chi connectivity index (χ0) is 15.6. The molecule has 0 radical (unpaired) electrons. The lowest BCUT2D eigenvalue weighted by Gasteiger charge is -2.21. The van der Waals surface area contributed by atoms with Crippen molar-refractivity contribution in [3.05, 3.63) is 35.9 Å². The van der Waals surface area contributed by atoms with Gasteiger partial charge in [-0.2, -0.15) is 0 Å². The zero-order valence-corrected chi connectivity index (χ0v) is 13.7. The van der Waals surface area contributed by atoms with E-state index in [1.165, 1.54) is 5.56 Å². The molecule has 1 atom stereocenters. The third-order valence-corrected chi connectivity index (χ3v) is 4.30. The van der Waals surface area contributed by atoms with Crippen LogP contribution in [0.3, 0.4) is 0 Å². The van der Waals surface area contributed by atoms with Gasteiger partial charge in [0.2, 0.25) is 5.91 Å². The molecule has 1 amide bonds. The van der Waals surface area contributed by atoms with Crippen LogP contribution in [0, 0.1) is 0 Å². The van der Waals surface area contributed by atoms with Crippen molar-refractivity contribution in [1.82, 2.24) is 15.5 Å². The standard InChI is InChI=1S/C18H29N3O/c1-2-21-13-7-6-11-20-18(22)15-17(19-12-8-14-21)16-9-4-3-5-10-16/h3-5,9-10,17,19H,2,6-8,11-15H2,1H3,(H,20,22). The van der Waals surface area contributed by atoms with E-state index in [0.717, 1.165) is 52.0 Å². The van der Waals surface area contributed by atoms with Crippen LogP contribution in [0.25, 0.3) is 0 Å². The highest BCUT2D eigenvalue weighted by Gasteiger charge is 2.15. The average molecular weight is 303 g/mol. The monoisotopic (exact) mass is 303 g/mol. The summed E-state index contributed by atoms with van der Waals surface area (Å²) in [4.78, 5) is 14.6. The maximum absolute atomic E-state index is 12.1. The van der Waals surface area contributed by atoms with E-state index >= 15 is 0 Å². The molecule has 1 aliphatic heterocycles. The highest BCUT2D eigenvalue weighted by atomic mass is 16.1. The first-order chi connectivity index (χ1) is 10.8. The van der Waals surface area contributed by atoms with Crippen LogP contribution in [-0.2, 0) is 4.79 Å². The predicted molar refractivity (Wildman–Crippen MR) is 90.8 cm³/mol. The quantitative estimate of drug-likeness (QED) is 0.881.